The van der Waals surface area contributed by atoms with Crippen LogP contribution in [0.3, 0.4) is 0 Å². The van der Waals surface area contributed by atoms with Crippen molar-refractivity contribution in [3.05, 3.63) is 34.9 Å². The summed E-state index contributed by atoms with van der Waals surface area (Å²) in [6.45, 7) is 2.47. The third kappa shape index (κ3) is 1.71. The van der Waals surface area contributed by atoms with E-state index in [9.17, 15) is 4.79 Å². The number of carbonyl (C=O) groups excluding carboxylic acids is 1. The van der Waals surface area contributed by atoms with Gasteiger partial charge in [0.1, 0.15) is 6.29 Å². The molecule has 4 aliphatic rings. The SMILES string of the molecule is C[C@]12C=CC3=C4CCC(C=O)C=C4CC[C@H]3[C@@H]1CCC2. The monoisotopic (exact) mass is 268 g/mol. The number of allylic oxidation sites excluding steroid dienone is 6. The summed E-state index contributed by atoms with van der Waals surface area (Å²) in [5, 5.41) is 0. The van der Waals surface area contributed by atoms with Crippen LogP contribution < -0.4 is 0 Å². The van der Waals surface area contributed by atoms with E-state index in [1.807, 2.05) is 0 Å². The Kier molecular flexibility index (Phi) is 2.80. The molecule has 4 rings (SSSR count). The molecular weight excluding hydrogens is 244 g/mol. The number of rotatable bonds is 1. The lowest BCUT2D eigenvalue weighted by atomic mass is 9.61. The molecule has 1 heteroatoms. The van der Waals surface area contributed by atoms with Crippen molar-refractivity contribution in [1.82, 2.24) is 0 Å². The Morgan fingerprint density at radius 3 is 3.00 bits per heavy atom. The first-order valence-electron chi connectivity index (χ1n) is 8.30. The van der Waals surface area contributed by atoms with Gasteiger partial charge in [-0.1, -0.05) is 31.6 Å². The van der Waals surface area contributed by atoms with Crippen LogP contribution in [0.15, 0.2) is 34.9 Å². The normalized spacial score (nSPS) is 42.6. The first-order chi connectivity index (χ1) is 9.71. The molecular formula is C19H24O. The van der Waals surface area contributed by atoms with Gasteiger partial charge in [0.25, 0.3) is 0 Å². The van der Waals surface area contributed by atoms with Crippen molar-refractivity contribution in [2.24, 2.45) is 23.2 Å². The predicted molar refractivity (Wildman–Crippen MR) is 81.2 cm³/mol. The van der Waals surface area contributed by atoms with E-state index in [1.165, 1.54) is 37.7 Å². The average Bonchev–Trinajstić information content (AvgIpc) is 2.88. The topological polar surface area (TPSA) is 17.1 Å². The fourth-order valence-electron chi connectivity index (χ4n) is 5.28. The van der Waals surface area contributed by atoms with Gasteiger partial charge >= 0.3 is 0 Å². The fraction of sp³-hybridized carbons (Fsp3) is 0.632. The number of carbonyl (C=O) groups is 1. The molecule has 0 bridgehead atoms. The molecule has 0 saturated heterocycles. The van der Waals surface area contributed by atoms with Crippen molar-refractivity contribution in [3.8, 4) is 0 Å². The first kappa shape index (κ1) is 12.6. The van der Waals surface area contributed by atoms with Crippen molar-refractivity contribution in [2.45, 2.75) is 51.9 Å². The third-order valence-corrected chi connectivity index (χ3v) is 6.38. The van der Waals surface area contributed by atoms with Crippen molar-refractivity contribution in [1.29, 1.82) is 0 Å². The molecule has 1 nitrogen and oxygen atoms in total. The number of hydrogen-bond donors (Lipinski definition) is 0. The summed E-state index contributed by atoms with van der Waals surface area (Å²) in [5.41, 5.74) is 5.20. The van der Waals surface area contributed by atoms with Crippen LogP contribution in [-0.4, -0.2) is 6.29 Å². The first-order valence-corrected chi connectivity index (χ1v) is 8.30. The second-order valence-electron chi connectivity index (χ2n) is 7.45. The summed E-state index contributed by atoms with van der Waals surface area (Å²) in [7, 11) is 0. The molecule has 0 aliphatic heterocycles. The van der Waals surface area contributed by atoms with Crippen LogP contribution >= 0.6 is 0 Å². The molecule has 0 spiro atoms. The van der Waals surface area contributed by atoms with Gasteiger partial charge in [0.2, 0.25) is 0 Å². The van der Waals surface area contributed by atoms with E-state index in [2.05, 4.69) is 25.2 Å². The molecule has 4 atom stereocenters. The van der Waals surface area contributed by atoms with E-state index in [4.69, 9.17) is 0 Å². The Bertz CT molecular complexity index is 536. The van der Waals surface area contributed by atoms with Crippen LogP contribution in [-0.2, 0) is 4.79 Å². The molecule has 1 saturated carbocycles. The van der Waals surface area contributed by atoms with Crippen molar-refractivity contribution < 1.29 is 4.79 Å². The summed E-state index contributed by atoms with van der Waals surface area (Å²) in [6, 6.07) is 0. The smallest absolute Gasteiger partial charge is 0.126 e. The molecule has 1 fully saturated rings. The summed E-state index contributed by atoms with van der Waals surface area (Å²) < 4.78 is 0. The molecule has 0 radical (unpaired) electrons. The maximum absolute atomic E-state index is 11.0. The van der Waals surface area contributed by atoms with Crippen LogP contribution in [0.25, 0.3) is 0 Å². The highest BCUT2D eigenvalue weighted by atomic mass is 16.1. The second kappa shape index (κ2) is 4.44. The largest absolute Gasteiger partial charge is 0.303 e. The summed E-state index contributed by atoms with van der Waals surface area (Å²) in [5.74, 6) is 1.85. The molecule has 106 valence electrons. The Hall–Kier alpha value is -1.11. The molecule has 0 N–H and O–H groups in total. The maximum Gasteiger partial charge on any atom is 0.126 e. The van der Waals surface area contributed by atoms with Crippen molar-refractivity contribution >= 4 is 6.29 Å². The van der Waals surface area contributed by atoms with E-state index in [0.717, 1.165) is 31.0 Å². The van der Waals surface area contributed by atoms with Gasteiger partial charge < -0.3 is 4.79 Å². The zero-order valence-electron chi connectivity index (χ0n) is 12.4. The van der Waals surface area contributed by atoms with Crippen LogP contribution in [0.2, 0.25) is 0 Å². The Balaban J connectivity index is 1.77. The van der Waals surface area contributed by atoms with Gasteiger partial charge in [-0.25, -0.2) is 0 Å². The van der Waals surface area contributed by atoms with Gasteiger partial charge in [0.15, 0.2) is 0 Å². The van der Waals surface area contributed by atoms with Crippen LogP contribution in [0, 0.1) is 23.2 Å². The minimum Gasteiger partial charge on any atom is -0.303 e. The highest BCUT2D eigenvalue weighted by Crippen LogP contribution is 2.57. The highest BCUT2D eigenvalue weighted by molar-refractivity contribution is 5.60. The van der Waals surface area contributed by atoms with E-state index in [-0.39, 0.29) is 5.92 Å². The minimum absolute atomic E-state index is 0.176. The fourth-order valence-corrected chi connectivity index (χ4v) is 5.28. The lowest BCUT2D eigenvalue weighted by Gasteiger charge is -2.44. The Morgan fingerprint density at radius 1 is 1.25 bits per heavy atom. The second-order valence-corrected chi connectivity index (χ2v) is 7.45. The number of fused-ring (bicyclic) bond motifs is 4. The van der Waals surface area contributed by atoms with Crippen molar-refractivity contribution in [3.63, 3.8) is 0 Å². The lowest BCUT2D eigenvalue weighted by molar-refractivity contribution is -0.110. The summed E-state index contributed by atoms with van der Waals surface area (Å²) >= 11 is 0. The minimum atomic E-state index is 0.176. The highest BCUT2D eigenvalue weighted by Gasteiger charge is 2.46. The van der Waals surface area contributed by atoms with Gasteiger partial charge in [0, 0.05) is 5.92 Å². The molecule has 1 unspecified atom stereocenters. The molecule has 4 aliphatic carbocycles. The van der Waals surface area contributed by atoms with Gasteiger partial charge in [-0.3, -0.25) is 0 Å². The van der Waals surface area contributed by atoms with E-state index in [1.54, 1.807) is 11.1 Å². The van der Waals surface area contributed by atoms with Gasteiger partial charge in [-0.15, -0.1) is 0 Å². The number of hydrogen-bond acceptors (Lipinski definition) is 1. The van der Waals surface area contributed by atoms with Crippen LogP contribution in [0.5, 0.6) is 0 Å². The van der Waals surface area contributed by atoms with E-state index < -0.39 is 0 Å². The maximum atomic E-state index is 11.0. The average molecular weight is 268 g/mol. The van der Waals surface area contributed by atoms with Crippen LogP contribution in [0.4, 0.5) is 0 Å². The van der Waals surface area contributed by atoms with E-state index >= 15 is 0 Å². The molecule has 0 heterocycles. The third-order valence-electron chi connectivity index (χ3n) is 6.38. The number of aldehydes is 1. The van der Waals surface area contributed by atoms with Gasteiger partial charge in [0.05, 0.1) is 0 Å². The Labute approximate surface area is 121 Å². The molecule has 20 heavy (non-hydrogen) atoms. The predicted octanol–water partition coefficient (Wildman–Crippen LogP) is 4.60. The van der Waals surface area contributed by atoms with Crippen molar-refractivity contribution in [2.75, 3.05) is 0 Å². The Morgan fingerprint density at radius 2 is 2.15 bits per heavy atom. The zero-order chi connectivity index (χ0) is 13.7. The molecule has 0 aromatic carbocycles. The molecule has 0 aromatic rings. The molecule has 0 amide bonds. The quantitative estimate of drug-likeness (QED) is 0.635. The summed E-state index contributed by atoms with van der Waals surface area (Å²) in [6.07, 6.45) is 17.2. The van der Waals surface area contributed by atoms with E-state index in [0.29, 0.717) is 5.41 Å². The van der Waals surface area contributed by atoms with Gasteiger partial charge in [-0.05, 0) is 72.5 Å². The summed E-state index contributed by atoms with van der Waals surface area (Å²) in [4.78, 5) is 11.0. The standard InChI is InChI=1S/C19H24O/c1-19-9-2-3-18(19)17-7-5-14-11-13(12-20)4-6-15(14)16(17)8-10-19/h8,10-13,17-18H,2-7,9H2,1H3/t13?,17-,18+,19+/m1/s1. The van der Waals surface area contributed by atoms with Crippen LogP contribution in [0.1, 0.15) is 51.9 Å². The zero-order valence-corrected chi connectivity index (χ0v) is 12.4. The molecule has 0 aromatic heterocycles. The van der Waals surface area contributed by atoms with Gasteiger partial charge in [-0.2, -0.15) is 0 Å². The lowest BCUT2D eigenvalue weighted by Crippen LogP contribution is -2.33.